The lowest BCUT2D eigenvalue weighted by molar-refractivity contribution is -0.142. The van der Waals surface area contributed by atoms with Gasteiger partial charge in [0.2, 0.25) is 0 Å². The quantitative estimate of drug-likeness (QED) is 0.776. The lowest BCUT2D eigenvalue weighted by Gasteiger charge is -2.28. The number of hydrazine groups is 1. The molecular formula is C20H21ClN2O2. The molecule has 2 aromatic carbocycles. The first-order valence-electron chi connectivity index (χ1n) is 8.41. The van der Waals surface area contributed by atoms with Gasteiger partial charge in [-0.3, -0.25) is 5.01 Å². The van der Waals surface area contributed by atoms with Gasteiger partial charge in [0, 0.05) is 11.8 Å². The van der Waals surface area contributed by atoms with Crippen molar-refractivity contribution in [1.82, 2.24) is 5.43 Å². The van der Waals surface area contributed by atoms with Crippen molar-refractivity contribution in [2.24, 2.45) is 0 Å². The molecule has 1 atom stereocenters. The number of rotatable bonds is 6. The van der Waals surface area contributed by atoms with Gasteiger partial charge in [0.25, 0.3) is 0 Å². The summed E-state index contributed by atoms with van der Waals surface area (Å²) in [5, 5.41) is 12.0. The number of nitrogens with zero attached hydrogens (tertiary/aromatic N) is 1. The van der Waals surface area contributed by atoms with Gasteiger partial charge in [-0.05, 0) is 24.1 Å². The first-order chi connectivity index (χ1) is 12.1. The van der Waals surface area contributed by atoms with Gasteiger partial charge >= 0.3 is 5.97 Å². The van der Waals surface area contributed by atoms with Crippen LogP contribution in [0.2, 0.25) is 5.02 Å². The van der Waals surface area contributed by atoms with E-state index in [1.54, 1.807) is 17.3 Å². The molecule has 0 amide bonds. The Kier molecular flexibility index (Phi) is 5.11. The van der Waals surface area contributed by atoms with E-state index in [2.05, 4.69) is 5.43 Å². The van der Waals surface area contributed by atoms with E-state index in [0.29, 0.717) is 11.4 Å². The second-order valence-corrected chi connectivity index (χ2v) is 6.56. The zero-order chi connectivity index (χ0) is 17.9. The van der Waals surface area contributed by atoms with Gasteiger partial charge in [-0.2, -0.15) is 0 Å². The summed E-state index contributed by atoms with van der Waals surface area (Å²) in [5.74, 6) is -0.880. The lowest BCUT2D eigenvalue weighted by atomic mass is 9.94. The number of carbonyl (C=O) groups is 1. The molecule has 0 spiro atoms. The number of carboxylic acids is 1. The van der Waals surface area contributed by atoms with E-state index in [4.69, 9.17) is 11.6 Å². The van der Waals surface area contributed by atoms with E-state index >= 15 is 0 Å². The predicted molar refractivity (Wildman–Crippen MR) is 102 cm³/mol. The minimum atomic E-state index is -1.08. The van der Waals surface area contributed by atoms with Crippen LogP contribution < -0.4 is 10.4 Å². The van der Waals surface area contributed by atoms with Gasteiger partial charge in [0.1, 0.15) is 0 Å². The van der Waals surface area contributed by atoms with Crippen LogP contribution in [0.1, 0.15) is 26.2 Å². The van der Waals surface area contributed by atoms with Crippen molar-refractivity contribution < 1.29 is 9.90 Å². The number of unbranched alkanes of at least 4 members (excludes halogenated alkanes) is 1. The summed E-state index contributed by atoms with van der Waals surface area (Å²) in [6.45, 7) is 2.05. The Bertz CT molecular complexity index is 792. The molecule has 0 saturated carbocycles. The smallest absolute Gasteiger partial charge is 0.329 e. The van der Waals surface area contributed by atoms with E-state index in [1.807, 2.05) is 55.5 Å². The number of aliphatic carboxylic acids is 1. The molecule has 0 saturated heterocycles. The van der Waals surface area contributed by atoms with Crippen LogP contribution >= 0.6 is 11.6 Å². The first kappa shape index (κ1) is 17.5. The molecule has 0 fully saturated rings. The number of hydrogen-bond acceptors (Lipinski definition) is 3. The van der Waals surface area contributed by atoms with Crippen molar-refractivity contribution in [3.05, 3.63) is 65.8 Å². The van der Waals surface area contributed by atoms with Crippen LogP contribution in [0.5, 0.6) is 0 Å². The molecule has 0 radical (unpaired) electrons. The van der Waals surface area contributed by atoms with Gasteiger partial charge in [-0.1, -0.05) is 73.8 Å². The van der Waals surface area contributed by atoms with Crippen LogP contribution in [0.4, 0.5) is 5.69 Å². The summed E-state index contributed by atoms with van der Waals surface area (Å²) in [7, 11) is 0. The molecule has 25 heavy (non-hydrogen) atoms. The monoisotopic (exact) mass is 356 g/mol. The molecule has 0 aliphatic carbocycles. The molecule has 1 heterocycles. The third kappa shape index (κ3) is 3.41. The number of carboxylic acid groups (broad SMARTS) is 1. The van der Waals surface area contributed by atoms with Crippen LogP contribution in [0, 0.1) is 0 Å². The maximum atomic E-state index is 11.8. The Morgan fingerprint density at radius 3 is 2.64 bits per heavy atom. The fourth-order valence-electron chi connectivity index (χ4n) is 3.00. The molecule has 130 valence electrons. The minimum Gasteiger partial charge on any atom is -0.480 e. The fraction of sp³-hybridized carbons (Fsp3) is 0.250. The van der Waals surface area contributed by atoms with E-state index < -0.39 is 11.5 Å². The van der Waals surface area contributed by atoms with Gasteiger partial charge in [0.05, 0.1) is 10.7 Å². The summed E-state index contributed by atoms with van der Waals surface area (Å²) in [5.41, 5.74) is 4.70. The van der Waals surface area contributed by atoms with Crippen molar-refractivity contribution in [2.45, 2.75) is 31.7 Å². The number of hydrogen-bond donors (Lipinski definition) is 2. The van der Waals surface area contributed by atoms with Crippen molar-refractivity contribution in [3.63, 3.8) is 0 Å². The molecule has 1 aliphatic heterocycles. The molecule has 1 unspecified atom stereocenters. The van der Waals surface area contributed by atoms with Crippen LogP contribution in [-0.4, -0.2) is 16.6 Å². The molecular weight excluding hydrogens is 336 g/mol. The van der Waals surface area contributed by atoms with Crippen LogP contribution in [0.3, 0.4) is 0 Å². The third-order valence-electron chi connectivity index (χ3n) is 4.46. The molecule has 2 N–H and O–H groups in total. The maximum absolute atomic E-state index is 11.8. The van der Waals surface area contributed by atoms with E-state index in [9.17, 15) is 9.90 Å². The summed E-state index contributed by atoms with van der Waals surface area (Å²) in [6, 6.07) is 15.7. The first-order valence-corrected chi connectivity index (χ1v) is 8.79. The third-order valence-corrected chi connectivity index (χ3v) is 4.85. The molecule has 3 rings (SSSR count). The van der Waals surface area contributed by atoms with Crippen LogP contribution in [0.15, 0.2) is 60.8 Å². The average Bonchev–Trinajstić information content (AvgIpc) is 3.06. The normalized spacial score (nSPS) is 19.4. The SMILES string of the molecule is CCCCC1(C(=O)O)C=CN(c2cccc(-c3ccccc3)c2Cl)N1. The zero-order valence-corrected chi connectivity index (χ0v) is 14.8. The number of anilines is 1. The Morgan fingerprint density at radius 1 is 1.20 bits per heavy atom. The molecule has 4 nitrogen and oxygen atoms in total. The number of benzene rings is 2. The van der Waals surface area contributed by atoms with Gasteiger partial charge < -0.3 is 5.11 Å². The highest BCUT2D eigenvalue weighted by atomic mass is 35.5. The summed E-state index contributed by atoms with van der Waals surface area (Å²) >= 11 is 6.64. The summed E-state index contributed by atoms with van der Waals surface area (Å²) < 4.78 is 0. The van der Waals surface area contributed by atoms with Gasteiger partial charge in [-0.25, -0.2) is 10.2 Å². The summed E-state index contributed by atoms with van der Waals surface area (Å²) in [4.78, 5) is 11.8. The topological polar surface area (TPSA) is 52.6 Å². The van der Waals surface area contributed by atoms with Crippen LogP contribution in [-0.2, 0) is 4.79 Å². The Morgan fingerprint density at radius 2 is 1.96 bits per heavy atom. The second-order valence-electron chi connectivity index (χ2n) is 6.18. The van der Waals surface area contributed by atoms with Gasteiger partial charge in [-0.15, -0.1) is 0 Å². The molecule has 0 aromatic heterocycles. The summed E-state index contributed by atoms with van der Waals surface area (Å²) in [6.07, 6.45) is 5.75. The Balaban J connectivity index is 1.91. The maximum Gasteiger partial charge on any atom is 0.329 e. The highest BCUT2D eigenvalue weighted by Crippen LogP contribution is 2.37. The van der Waals surface area contributed by atoms with Crippen molar-refractivity contribution in [1.29, 1.82) is 0 Å². The highest BCUT2D eigenvalue weighted by Gasteiger charge is 2.40. The Labute approximate surface area is 152 Å². The van der Waals surface area contributed by atoms with Crippen LogP contribution in [0.25, 0.3) is 11.1 Å². The molecule has 1 aliphatic rings. The number of nitrogens with one attached hydrogen (secondary N) is 1. The molecule has 2 aromatic rings. The van der Waals surface area contributed by atoms with E-state index in [0.717, 1.165) is 29.7 Å². The fourth-order valence-corrected chi connectivity index (χ4v) is 3.33. The lowest BCUT2D eigenvalue weighted by Crippen LogP contribution is -2.52. The molecule has 0 bridgehead atoms. The van der Waals surface area contributed by atoms with Crippen molar-refractivity contribution in [2.75, 3.05) is 5.01 Å². The zero-order valence-electron chi connectivity index (χ0n) is 14.1. The Hall–Kier alpha value is -2.30. The van der Waals surface area contributed by atoms with Crippen molar-refractivity contribution >= 4 is 23.3 Å². The predicted octanol–water partition coefficient (Wildman–Crippen LogP) is 4.86. The average molecular weight is 357 g/mol. The number of halogens is 1. The van der Waals surface area contributed by atoms with Gasteiger partial charge in [0.15, 0.2) is 5.54 Å². The molecule has 5 heteroatoms. The standard InChI is InChI=1S/C20H21ClN2O2/c1-2-3-12-20(19(24)25)13-14-23(22-20)17-11-7-10-16(18(17)21)15-8-5-4-6-9-15/h4-11,13-14,22H,2-3,12H2,1H3,(H,24,25). The van der Waals surface area contributed by atoms with Crippen molar-refractivity contribution in [3.8, 4) is 11.1 Å². The second kappa shape index (κ2) is 7.30. The largest absolute Gasteiger partial charge is 0.480 e. The van der Waals surface area contributed by atoms with E-state index in [1.165, 1.54) is 0 Å². The highest BCUT2D eigenvalue weighted by molar-refractivity contribution is 6.36. The minimum absolute atomic E-state index is 0.530. The van der Waals surface area contributed by atoms with E-state index in [-0.39, 0.29) is 0 Å².